The number of carbonyl (C=O) groups is 1. The van der Waals surface area contributed by atoms with E-state index in [1.54, 1.807) is 0 Å². The molecule has 1 aromatic carbocycles. The zero-order valence-electron chi connectivity index (χ0n) is 13.1. The molecule has 21 heavy (non-hydrogen) atoms. The van der Waals surface area contributed by atoms with Gasteiger partial charge in [0.2, 0.25) is 0 Å². The van der Waals surface area contributed by atoms with Crippen molar-refractivity contribution in [3.63, 3.8) is 0 Å². The summed E-state index contributed by atoms with van der Waals surface area (Å²) in [5, 5.41) is 3.09. The molecule has 0 aliphatic heterocycles. The normalized spacial score (nSPS) is 10.9. The Labute approximate surface area is 138 Å². The zero-order chi connectivity index (χ0) is 15.0. The molecule has 0 spiro atoms. The second kappa shape index (κ2) is 10.1. The molecule has 120 valence electrons. The molecule has 5 heteroatoms. The van der Waals surface area contributed by atoms with Crippen molar-refractivity contribution in [3.05, 3.63) is 35.4 Å². The number of nitrogens with two attached hydrogens (primary N) is 1. The van der Waals surface area contributed by atoms with E-state index >= 15 is 0 Å². The molecule has 0 aromatic heterocycles. The van der Waals surface area contributed by atoms with Gasteiger partial charge in [0.25, 0.3) is 5.91 Å². The van der Waals surface area contributed by atoms with Crippen LogP contribution in [0.5, 0.6) is 0 Å². The molecule has 0 fully saturated rings. The van der Waals surface area contributed by atoms with Crippen LogP contribution in [0.1, 0.15) is 49.5 Å². The van der Waals surface area contributed by atoms with E-state index in [4.69, 9.17) is 5.73 Å². The van der Waals surface area contributed by atoms with Crippen molar-refractivity contribution in [2.45, 2.75) is 44.9 Å². The SMILES string of the molecule is CCSCc1ccc(C(=O)NC(CC)(CC)CN)cc1.Cl. The lowest BCUT2D eigenvalue weighted by Crippen LogP contribution is -2.52. The fourth-order valence-corrected chi connectivity index (χ4v) is 2.68. The van der Waals surface area contributed by atoms with Gasteiger partial charge < -0.3 is 11.1 Å². The Bertz CT molecular complexity index is 411. The van der Waals surface area contributed by atoms with Crippen LogP contribution in [0.25, 0.3) is 0 Å². The molecule has 0 aliphatic rings. The summed E-state index contributed by atoms with van der Waals surface area (Å²) in [6, 6.07) is 7.85. The van der Waals surface area contributed by atoms with Gasteiger partial charge in [-0.25, -0.2) is 0 Å². The quantitative estimate of drug-likeness (QED) is 0.765. The molecule has 0 unspecified atom stereocenters. The van der Waals surface area contributed by atoms with Crippen LogP contribution in [0, 0.1) is 0 Å². The predicted molar refractivity (Wildman–Crippen MR) is 95.4 cm³/mol. The summed E-state index contributed by atoms with van der Waals surface area (Å²) >= 11 is 1.88. The minimum Gasteiger partial charge on any atom is -0.345 e. The third-order valence-electron chi connectivity index (χ3n) is 3.81. The highest BCUT2D eigenvalue weighted by atomic mass is 35.5. The Morgan fingerprint density at radius 1 is 1.19 bits per heavy atom. The van der Waals surface area contributed by atoms with Crippen LogP contribution in [0.2, 0.25) is 0 Å². The van der Waals surface area contributed by atoms with Gasteiger partial charge in [-0.05, 0) is 36.3 Å². The maximum absolute atomic E-state index is 12.3. The third kappa shape index (κ3) is 5.89. The molecule has 0 atom stereocenters. The van der Waals surface area contributed by atoms with Gasteiger partial charge >= 0.3 is 0 Å². The number of hydrogen-bond donors (Lipinski definition) is 2. The van der Waals surface area contributed by atoms with Crippen LogP contribution in [0.15, 0.2) is 24.3 Å². The summed E-state index contributed by atoms with van der Waals surface area (Å²) in [7, 11) is 0. The fraction of sp³-hybridized carbons (Fsp3) is 0.562. The highest BCUT2D eigenvalue weighted by Crippen LogP contribution is 2.16. The van der Waals surface area contributed by atoms with Gasteiger partial charge in [0.05, 0.1) is 5.54 Å². The number of carbonyl (C=O) groups excluding carboxylic acids is 1. The molecule has 0 radical (unpaired) electrons. The predicted octanol–water partition coefficient (Wildman–Crippen LogP) is 3.61. The highest BCUT2D eigenvalue weighted by Gasteiger charge is 2.26. The van der Waals surface area contributed by atoms with Gasteiger partial charge in [-0.3, -0.25) is 4.79 Å². The van der Waals surface area contributed by atoms with E-state index in [0.717, 1.165) is 24.3 Å². The molecule has 0 saturated heterocycles. The lowest BCUT2D eigenvalue weighted by molar-refractivity contribution is 0.0895. The van der Waals surface area contributed by atoms with Gasteiger partial charge in [-0.15, -0.1) is 12.4 Å². The molecule has 0 aliphatic carbocycles. The number of hydrogen-bond acceptors (Lipinski definition) is 3. The Balaban J connectivity index is 0.00000400. The van der Waals surface area contributed by atoms with Crippen molar-refractivity contribution >= 4 is 30.1 Å². The first kappa shape index (κ1) is 20.3. The lowest BCUT2D eigenvalue weighted by atomic mass is 9.92. The van der Waals surface area contributed by atoms with Crippen LogP contribution in [0.3, 0.4) is 0 Å². The van der Waals surface area contributed by atoms with Gasteiger partial charge in [-0.1, -0.05) is 32.9 Å². The van der Waals surface area contributed by atoms with Crippen molar-refractivity contribution in [2.75, 3.05) is 12.3 Å². The first-order chi connectivity index (χ1) is 9.60. The van der Waals surface area contributed by atoms with Crippen LogP contribution >= 0.6 is 24.2 Å². The van der Waals surface area contributed by atoms with Crippen LogP contribution in [-0.2, 0) is 5.75 Å². The van der Waals surface area contributed by atoms with E-state index in [0.29, 0.717) is 12.1 Å². The summed E-state index contributed by atoms with van der Waals surface area (Å²) in [6.45, 7) is 6.73. The molecule has 3 nitrogen and oxygen atoms in total. The average Bonchev–Trinajstić information content (AvgIpc) is 2.51. The second-order valence-electron chi connectivity index (χ2n) is 4.98. The number of nitrogens with one attached hydrogen (secondary N) is 1. The number of benzene rings is 1. The monoisotopic (exact) mass is 330 g/mol. The molecule has 1 aromatic rings. The van der Waals surface area contributed by atoms with Crippen LogP contribution < -0.4 is 11.1 Å². The van der Waals surface area contributed by atoms with Gasteiger partial charge in [0.1, 0.15) is 0 Å². The first-order valence-electron chi connectivity index (χ1n) is 7.30. The number of halogens is 1. The number of amides is 1. The minimum atomic E-state index is -0.284. The Hall–Kier alpha value is -0.710. The summed E-state index contributed by atoms with van der Waals surface area (Å²) < 4.78 is 0. The molecule has 1 rings (SSSR count). The summed E-state index contributed by atoms with van der Waals surface area (Å²) in [5.74, 6) is 2.07. The molecule has 3 N–H and O–H groups in total. The van der Waals surface area contributed by atoms with Crippen molar-refractivity contribution in [3.8, 4) is 0 Å². The van der Waals surface area contributed by atoms with Gasteiger partial charge in [0, 0.05) is 17.9 Å². The van der Waals surface area contributed by atoms with Crippen molar-refractivity contribution < 1.29 is 4.79 Å². The summed E-state index contributed by atoms with van der Waals surface area (Å²) in [5.41, 5.74) is 7.49. The Morgan fingerprint density at radius 3 is 2.19 bits per heavy atom. The van der Waals surface area contributed by atoms with Gasteiger partial charge in [0.15, 0.2) is 0 Å². The maximum atomic E-state index is 12.3. The van der Waals surface area contributed by atoms with Gasteiger partial charge in [-0.2, -0.15) is 11.8 Å². The van der Waals surface area contributed by atoms with E-state index in [2.05, 4.69) is 26.1 Å². The van der Waals surface area contributed by atoms with Crippen molar-refractivity contribution in [1.82, 2.24) is 5.32 Å². The topological polar surface area (TPSA) is 55.1 Å². The molecule has 1 amide bonds. The largest absolute Gasteiger partial charge is 0.345 e. The first-order valence-corrected chi connectivity index (χ1v) is 8.45. The minimum absolute atomic E-state index is 0. The Kier molecular flexibility index (Phi) is 9.75. The standard InChI is InChI=1S/C16H26N2OS.ClH/c1-4-16(5-2,12-17)18-15(19)14-9-7-13(8-10-14)11-20-6-3;/h7-10H,4-6,11-12,17H2,1-3H3,(H,18,19);1H. The lowest BCUT2D eigenvalue weighted by Gasteiger charge is -2.31. The maximum Gasteiger partial charge on any atom is 0.251 e. The zero-order valence-corrected chi connectivity index (χ0v) is 14.8. The molecular weight excluding hydrogens is 304 g/mol. The number of thioether (sulfide) groups is 1. The highest BCUT2D eigenvalue weighted by molar-refractivity contribution is 7.98. The van der Waals surface area contributed by atoms with E-state index in [1.807, 2.05) is 36.0 Å². The number of rotatable bonds is 8. The summed E-state index contributed by atoms with van der Waals surface area (Å²) in [6.07, 6.45) is 1.69. The van der Waals surface area contributed by atoms with E-state index in [9.17, 15) is 4.79 Å². The smallest absolute Gasteiger partial charge is 0.251 e. The van der Waals surface area contributed by atoms with Crippen LogP contribution in [0.4, 0.5) is 0 Å². The van der Waals surface area contributed by atoms with E-state index in [1.165, 1.54) is 5.56 Å². The molecular formula is C16H27ClN2OS. The van der Waals surface area contributed by atoms with Crippen molar-refractivity contribution in [1.29, 1.82) is 0 Å². The molecule has 0 heterocycles. The van der Waals surface area contributed by atoms with E-state index < -0.39 is 0 Å². The summed E-state index contributed by atoms with van der Waals surface area (Å²) in [4.78, 5) is 12.3. The van der Waals surface area contributed by atoms with Crippen molar-refractivity contribution in [2.24, 2.45) is 5.73 Å². The second-order valence-corrected chi connectivity index (χ2v) is 6.25. The molecule has 0 bridgehead atoms. The average molecular weight is 331 g/mol. The Morgan fingerprint density at radius 2 is 1.76 bits per heavy atom. The van der Waals surface area contributed by atoms with E-state index in [-0.39, 0.29) is 23.9 Å². The third-order valence-corrected chi connectivity index (χ3v) is 4.76. The molecule has 0 saturated carbocycles. The van der Waals surface area contributed by atoms with Crippen LogP contribution in [-0.4, -0.2) is 23.7 Å². The fourth-order valence-electron chi connectivity index (χ4n) is 2.05.